The molecule has 1 saturated heterocycles. The van der Waals surface area contributed by atoms with Gasteiger partial charge in [-0.2, -0.15) is 0 Å². The molecule has 2 aromatic carbocycles. The Labute approximate surface area is 163 Å². The van der Waals surface area contributed by atoms with Gasteiger partial charge >= 0.3 is 5.97 Å². The van der Waals surface area contributed by atoms with Gasteiger partial charge in [0.25, 0.3) is 0 Å². The Bertz CT molecular complexity index is 899. The zero-order valence-electron chi connectivity index (χ0n) is 15.8. The van der Waals surface area contributed by atoms with Gasteiger partial charge in [-0.1, -0.05) is 42.0 Å². The number of aryl methyl sites for hydroxylation is 1. The van der Waals surface area contributed by atoms with Gasteiger partial charge in [0.1, 0.15) is 0 Å². The molecule has 0 aliphatic carbocycles. The molecule has 6 nitrogen and oxygen atoms in total. The van der Waals surface area contributed by atoms with Crippen molar-refractivity contribution in [2.75, 3.05) is 0 Å². The van der Waals surface area contributed by atoms with Crippen LogP contribution in [0.25, 0.3) is 0 Å². The Hall–Kier alpha value is -3.28. The summed E-state index contributed by atoms with van der Waals surface area (Å²) in [6.07, 6.45) is -0.415. The number of imide groups is 1. The van der Waals surface area contributed by atoms with Crippen LogP contribution in [0.2, 0.25) is 0 Å². The number of carbonyl (C=O) groups is 4. The molecular formula is C22H21NO5. The van der Waals surface area contributed by atoms with Crippen LogP contribution in [0.15, 0.2) is 48.5 Å². The van der Waals surface area contributed by atoms with Gasteiger partial charge in [-0.3, -0.25) is 19.3 Å². The van der Waals surface area contributed by atoms with E-state index in [0.29, 0.717) is 11.1 Å². The quantitative estimate of drug-likeness (QED) is 0.438. The highest BCUT2D eigenvalue weighted by atomic mass is 16.5. The van der Waals surface area contributed by atoms with E-state index >= 15 is 0 Å². The van der Waals surface area contributed by atoms with Crippen LogP contribution in [-0.4, -0.2) is 34.6 Å². The molecule has 0 N–H and O–H groups in total. The van der Waals surface area contributed by atoms with Crippen molar-refractivity contribution >= 4 is 23.6 Å². The van der Waals surface area contributed by atoms with Gasteiger partial charge < -0.3 is 4.74 Å². The van der Waals surface area contributed by atoms with E-state index < -0.39 is 12.1 Å². The third-order valence-corrected chi connectivity index (χ3v) is 4.67. The van der Waals surface area contributed by atoms with Crippen molar-refractivity contribution in [3.05, 3.63) is 70.8 Å². The maximum absolute atomic E-state index is 12.4. The highest BCUT2D eigenvalue weighted by molar-refractivity contribution is 6.02. The molecule has 6 heteroatoms. The van der Waals surface area contributed by atoms with Crippen molar-refractivity contribution in [1.29, 1.82) is 0 Å². The number of Topliss-reactive ketones (excluding diaryl/α,β-unsaturated/α-hetero) is 1. The average Bonchev–Trinajstić information content (AvgIpc) is 3.00. The molecule has 2 amide bonds. The van der Waals surface area contributed by atoms with Crippen LogP contribution in [0.1, 0.15) is 51.6 Å². The van der Waals surface area contributed by atoms with Gasteiger partial charge in [0.05, 0.1) is 12.1 Å². The van der Waals surface area contributed by atoms with E-state index in [4.69, 9.17) is 4.74 Å². The third kappa shape index (κ3) is 4.34. The van der Waals surface area contributed by atoms with Crippen molar-refractivity contribution in [2.24, 2.45) is 0 Å². The van der Waals surface area contributed by atoms with Crippen LogP contribution in [0.5, 0.6) is 0 Å². The molecule has 28 heavy (non-hydrogen) atoms. The third-order valence-electron chi connectivity index (χ3n) is 4.67. The van der Waals surface area contributed by atoms with E-state index in [1.54, 1.807) is 43.3 Å². The minimum atomic E-state index is -0.908. The lowest BCUT2D eigenvalue weighted by atomic mass is 10.1. The fourth-order valence-electron chi connectivity index (χ4n) is 2.96. The summed E-state index contributed by atoms with van der Waals surface area (Å²) in [5.41, 5.74) is 2.56. The molecule has 144 valence electrons. The molecule has 1 aliphatic heterocycles. The summed E-state index contributed by atoms with van der Waals surface area (Å²) in [7, 11) is 0. The number of ketones is 1. The number of esters is 1. The minimum absolute atomic E-state index is 0.183. The van der Waals surface area contributed by atoms with Crippen molar-refractivity contribution in [1.82, 2.24) is 4.90 Å². The van der Waals surface area contributed by atoms with E-state index in [9.17, 15) is 19.2 Å². The zero-order valence-corrected chi connectivity index (χ0v) is 15.8. The Kier molecular flexibility index (Phi) is 5.68. The molecule has 0 bridgehead atoms. The molecule has 0 aromatic heterocycles. The first kappa shape index (κ1) is 19.5. The normalized spacial score (nSPS) is 14.9. The predicted octanol–water partition coefficient (Wildman–Crippen LogP) is 3.07. The Morgan fingerprint density at radius 3 is 2.04 bits per heavy atom. The van der Waals surface area contributed by atoms with E-state index in [-0.39, 0.29) is 37.0 Å². The highest BCUT2D eigenvalue weighted by Gasteiger charge is 2.28. The summed E-state index contributed by atoms with van der Waals surface area (Å²) in [6.45, 7) is 3.66. The Morgan fingerprint density at radius 1 is 0.929 bits per heavy atom. The van der Waals surface area contributed by atoms with Crippen LogP contribution < -0.4 is 0 Å². The smallest absolute Gasteiger partial charge is 0.338 e. The average molecular weight is 379 g/mol. The first-order valence-electron chi connectivity index (χ1n) is 9.09. The molecule has 3 rings (SSSR count). The van der Waals surface area contributed by atoms with E-state index in [2.05, 4.69) is 0 Å². The number of benzene rings is 2. The lowest BCUT2D eigenvalue weighted by molar-refractivity contribution is -0.139. The predicted molar refractivity (Wildman–Crippen MR) is 102 cm³/mol. The second kappa shape index (κ2) is 8.17. The Morgan fingerprint density at radius 2 is 1.46 bits per heavy atom. The lowest BCUT2D eigenvalue weighted by Crippen LogP contribution is -2.28. The SMILES string of the molecule is Cc1ccc(C(=O)C(C)OC(=O)c2ccc(CN3C(=O)CCC3=O)cc2)cc1. The number of carbonyl (C=O) groups excluding carboxylic acids is 4. The number of ether oxygens (including phenoxy) is 1. The highest BCUT2D eigenvalue weighted by Crippen LogP contribution is 2.17. The maximum Gasteiger partial charge on any atom is 0.338 e. The summed E-state index contributed by atoms with van der Waals surface area (Å²) >= 11 is 0. The maximum atomic E-state index is 12.4. The molecule has 2 aromatic rings. The lowest BCUT2D eigenvalue weighted by Gasteiger charge is -2.15. The topological polar surface area (TPSA) is 80.8 Å². The van der Waals surface area contributed by atoms with Crippen molar-refractivity contribution in [3.8, 4) is 0 Å². The fraction of sp³-hybridized carbons (Fsp3) is 0.273. The summed E-state index contributed by atoms with van der Waals surface area (Å²) < 4.78 is 5.28. The van der Waals surface area contributed by atoms with Gasteiger partial charge in [0.2, 0.25) is 17.6 Å². The molecule has 1 atom stereocenters. The van der Waals surface area contributed by atoms with Gasteiger partial charge in [0, 0.05) is 18.4 Å². The Balaban J connectivity index is 1.61. The standard InChI is InChI=1S/C22H21NO5/c1-14-3-7-17(8-4-14)21(26)15(2)28-22(27)18-9-5-16(6-10-18)13-23-19(24)11-12-20(23)25/h3-10,15H,11-13H2,1-2H3. The number of rotatable bonds is 6. The second-order valence-corrected chi connectivity index (χ2v) is 6.85. The number of likely N-dealkylation sites (tertiary alicyclic amines) is 1. The molecule has 1 fully saturated rings. The number of hydrogen-bond acceptors (Lipinski definition) is 5. The summed E-state index contributed by atoms with van der Waals surface area (Å²) in [5, 5.41) is 0. The van der Waals surface area contributed by atoms with Gasteiger partial charge in [-0.25, -0.2) is 4.79 Å². The monoisotopic (exact) mass is 379 g/mol. The summed E-state index contributed by atoms with van der Waals surface area (Å²) in [5.74, 6) is -1.24. The van der Waals surface area contributed by atoms with Crippen LogP contribution in [-0.2, 0) is 20.9 Å². The van der Waals surface area contributed by atoms with E-state index in [1.807, 2.05) is 19.1 Å². The van der Waals surface area contributed by atoms with Crippen molar-refractivity contribution in [2.45, 2.75) is 39.3 Å². The van der Waals surface area contributed by atoms with E-state index in [1.165, 1.54) is 4.90 Å². The minimum Gasteiger partial charge on any atom is -0.451 e. The molecule has 0 saturated carbocycles. The number of amides is 2. The molecule has 0 spiro atoms. The molecule has 1 aliphatic rings. The molecule has 1 heterocycles. The zero-order chi connectivity index (χ0) is 20.3. The second-order valence-electron chi connectivity index (χ2n) is 6.85. The largest absolute Gasteiger partial charge is 0.451 e. The summed E-state index contributed by atoms with van der Waals surface area (Å²) in [4.78, 5) is 49.3. The van der Waals surface area contributed by atoms with Crippen LogP contribution in [0, 0.1) is 6.92 Å². The van der Waals surface area contributed by atoms with Gasteiger partial charge in [-0.15, -0.1) is 0 Å². The van der Waals surface area contributed by atoms with Crippen molar-refractivity contribution in [3.63, 3.8) is 0 Å². The van der Waals surface area contributed by atoms with Gasteiger partial charge in [-0.05, 0) is 31.5 Å². The van der Waals surface area contributed by atoms with E-state index in [0.717, 1.165) is 11.1 Å². The first-order valence-corrected chi connectivity index (χ1v) is 9.09. The first-order chi connectivity index (χ1) is 13.3. The number of hydrogen-bond donors (Lipinski definition) is 0. The van der Waals surface area contributed by atoms with Crippen LogP contribution in [0.3, 0.4) is 0 Å². The molecule has 1 unspecified atom stereocenters. The fourth-order valence-corrected chi connectivity index (χ4v) is 2.96. The molecular weight excluding hydrogens is 358 g/mol. The van der Waals surface area contributed by atoms with Crippen LogP contribution in [0.4, 0.5) is 0 Å². The van der Waals surface area contributed by atoms with Gasteiger partial charge in [0.15, 0.2) is 6.10 Å². The van der Waals surface area contributed by atoms with Crippen molar-refractivity contribution < 1.29 is 23.9 Å². The summed E-state index contributed by atoms with van der Waals surface area (Å²) in [6, 6.07) is 13.5. The molecule has 0 radical (unpaired) electrons. The van der Waals surface area contributed by atoms with Crippen LogP contribution >= 0.6 is 0 Å². The number of nitrogens with zero attached hydrogens (tertiary/aromatic N) is 1.